The van der Waals surface area contributed by atoms with Gasteiger partial charge in [-0.3, -0.25) is 0 Å². The molecule has 0 aromatic heterocycles. The molecule has 1 aromatic rings. The molecule has 3 unspecified atom stereocenters. The van der Waals surface area contributed by atoms with Gasteiger partial charge in [-0.15, -0.1) is 0 Å². The van der Waals surface area contributed by atoms with Gasteiger partial charge >= 0.3 is 0 Å². The number of nitrogens with two attached hydrogens (primary N) is 1. The molecule has 1 heterocycles. The molecular formula is C13H19NO3S. The lowest BCUT2D eigenvalue weighted by molar-refractivity contribution is 0.254. The van der Waals surface area contributed by atoms with Crippen LogP contribution in [-0.2, 0) is 16.3 Å². The molecule has 0 radical (unpaired) electrons. The average molecular weight is 269 g/mol. The maximum Gasteiger partial charge on any atom is 0.151 e. The molecule has 0 amide bonds. The third kappa shape index (κ3) is 2.52. The quantitative estimate of drug-likeness (QED) is 0.901. The van der Waals surface area contributed by atoms with Crippen molar-refractivity contribution in [2.45, 2.75) is 37.7 Å². The summed E-state index contributed by atoms with van der Waals surface area (Å²) in [6.45, 7) is 3.66. The van der Waals surface area contributed by atoms with Crippen molar-refractivity contribution >= 4 is 9.84 Å². The van der Waals surface area contributed by atoms with Gasteiger partial charge in [-0.2, -0.15) is 0 Å². The van der Waals surface area contributed by atoms with Crippen molar-refractivity contribution in [1.82, 2.24) is 0 Å². The lowest BCUT2D eigenvalue weighted by Crippen LogP contribution is -2.30. The first-order chi connectivity index (χ1) is 8.29. The lowest BCUT2D eigenvalue weighted by atomic mass is 10.0. The molecule has 1 aliphatic rings. The first kappa shape index (κ1) is 13.4. The minimum atomic E-state index is -3.13. The minimum Gasteiger partial charge on any atom is -0.490 e. The van der Waals surface area contributed by atoms with Crippen molar-refractivity contribution in [3.05, 3.63) is 29.3 Å². The molecule has 0 aliphatic carbocycles. The van der Waals surface area contributed by atoms with E-state index in [0.717, 1.165) is 23.3 Å². The highest BCUT2D eigenvalue weighted by Crippen LogP contribution is 2.31. The summed E-state index contributed by atoms with van der Waals surface area (Å²) in [5.41, 5.74) is 7.99. The highest BCUT2D eigenvalue weighted by atomic mass is 32.2. The maximum absolute atomic E-state index is 11.5. The van der Waals surface area contributed by atoms with Crippen molar-refractivity contribution < 1.29 is 13.2 Å². The molecule has 3 atom stereocenters. The smallest absolute Gasteiger partial charge is 0.151 e. The molecule has 100 valence electrons. The monoisotopic (exact) mass is 269 g/mol. The standard InChI is InChI=1S/C13H19NO3S/c1-8-6-11-7-10(4-5-12(11)17-8)13(14)9(2)18(3,15)16/h4-5,7-9,13H,6,14H2,1-3H3. The summed E-state index contributed by atoms with van der Waals surface area (Å²) >= 11 is 0. The predicted molar refractivity (Wildman–Crippen MR) is 71.5 cm³/mol. The minimum absolute atomic E-state index is 0.179. The van der Waals surface area contributed by atoms with E-state index in [1.165, 1.54) is 6.26 Å². The molecule has 0 saturated heterocycles. The van der Waals surface area contributed by atoms with Gasteiger partial charge in [0.25, 0.3) is 0 Å². The van der Waals surface area contributed by atoms with E-state index in [9.17, 15) is 8.42 Å². The van der Waals surface area contributed by atoms with E-state index in [-0.39, 0.29) is 6.10 Å². The maximum atomic E-state index is 11.5. The van der Waals surface area contributed by atoms with E-state index in [2.05, 4.69) is 0 Å². The van der Waals surface area contributed by atoms with Crippen LogP contribution in [0.3, 0.4) is 0 Å². The number of hydrogen-bond acceptors (Lipinski definition) is 4. The van der Waals surface area contributed by atoms with E-state index >= 15 is 0 Å². The SMILES string of the molecule is CC1Cc2cc(C(N)C(C)S(C)(=O)=O)ccc2O1. The zero-order valence-corrected chi connectivity index (χ0v) is 11.7. The van der Waals surface area contributed by atoms with E-state index < -0.39 is 21.1 Å². The topological polar surface area (TPSA) is 69.4 Å². The largest absolute Gasteiger partial charge is 0.490 e. The molecular weight excluding hydrogens is 250 g/mol. The van der Waals surface area contributed by atoms with Crippen LogP contribution in [0.2, 0.25) is 0 Å². The first-order valence-electron chi connectivity index (χ1n) is 6.03. The number of sulfone groups is 1. The van der Waals surface area contributed by atoms with Crippen LogP contribution in [-0.4, -0.2) is 26.0 Å². The molecule has 5 heteroatoms. The predicted octanol–water partition coefficient (Wildman–Crippen LogP) is 1.44. The molecule has 4 nitrogen and oxygen atoms in total. The highest BCUT2D eigenvalue weighted by molar-refractivity contribution is 7.91. The lowest BCUT2D eigenvalue weighted by Gasteiger charge is -2.19. The van der Waals surface area contributed by atoms with Gasteiger partial charge in [-0.25, -0.2) is 8.42 Å². The summed E-state index contributed by atoms with van der Waals surface area (Å²) in [4.78, 5) is 0. The Balaban J connectivity index is 2.28. The Kier molecular flexibility index (Phi) is 3.38. The van der Waals surface area contributed by atoms with Crippen LogP contribution in [0.15, 0.2) is 18.2 Å². The molecule has 18 heavy (non-hydrogen) atoms. The van der Waals surface area contributed by atoms with Crippen molar-refractivity contribution in [2.75, 3.05) is 6.26 Å². The van der Waals surface area contributed by atoms with Gasteiger partial charge < -0.3 is 10.5 Å². The van der Waals surface area contributed by atoms with E-state index in [4.69, 9.17) is 10.5 Å². The summed E-state index contributed by atoms with van der Waals surface area (Å²) in [6.07, 6.45) is 2.25. The third-order valence-corrected chi connectivity index (χ3v) is 5.13. The van der Waals surface area contributed by atoms with Crippen molar-refractivity contribution in [3.8, 4) is 5.75 Å². The summed E-state index contributed by atoms with van der Waals surface area (Å²) in [6, 6.07) is 5.19. The molecule has 1 aliphatic heterocycles. The zero-order chi connectivity index (χ0) is 13.5. The molecule has 0 bridgehead atoms. The van der Waals surface area contributed by atoms with Crippen LogP contribution in [0, 0.1) is 0 Å². The number of hydrogen-bond donors (Lipinski definition) is 1. The normalized spacial score (nSPS) is 22.1. The molecule has 2 N–H and O–H groups in total. The second-order valence-electron chi connectivity index (χ2n) is 5.06. The van der Waals surface area contributed by atoms with Crippen LogP contribution >= 0.6 is 0 Å². The summed E-state index contributed by atoms with van der Waals surface area (Å²) in [7, 11) is -3.13. The van der Waals surface area contributed by atoms with E-state index in [1.807, 2.05) is 25.1 Å². The third-order valence-electron chi connectivity index (χ3n) is 3.49. The van der Waals surface area contributed by atoms with Gasteiger partial charge in [0.1, 0.15) is 11.9 Å². The van der Waals surface area contributed by atoms with Gasteiger partial charge in [0.2, 0.25) is 0 Å². The van der Waals surface area contributed by atoms with Crippen LogP contribution < -0.4 is 10.5 Å². The fourth-order valence-electron chi connectivity index (χ4n) is 2.19. The summed E-state index contributed by atoms with van der Waals surface area (Å²) in [5, 5.41) is -0.588. The van der Waals surface area contributed by atoms with Gasteiger partial charge in [-0.1, -0.05) is 12.1 Å². The molecule has 2 rings (SSSR count). The molecule has 0 spiro atoms. The summed E-state index contributed by atoms with van der Waals surface area (Å²) in [5.74, 6) is 0.880. The molecule has 1 aromatic carbocycles. The Morgan fingerprint density at radius 3 is 2.72 bits per heavy atom. The second-order valence-corrected chi connectivity index (χ2v) is 7.46. The molecule has 0 saturated carbocycles. The number of benzene rings is 1. The molecule has 0 fully saturated rings. The zero-order valence-electron chi connectivity index (χ0n) is 10.9. The Bertz CT molecular complexity index is 553. The fraction of sp³-hybridized carbons (Fsp3) is 0.538. The average Bonchev–Trinajstić information content (AvgIpc) is 2.64. The van der Waals surface area contributed by atoms with Gasteiger partial charge in [-0.05, 0) is 31.0 Å². The van der Waals surface area contributed by atoms with Gasteiger partial charge in [0.05, 0.1) is 5.25 Å². The fourth-order valence-corrected chi connectivity index (χ4v) is 2.88. The van der Waals surface area contributed by atoms with Crippen LogP contribution in [0.1, 0.15) is 31.0 Å². The first-order valence-corrected chi connectivity index (χ1v) is 7.98. The second kappa shape index (κ2) is 4.55. The van der Waals surface area contributed by atoms with Gasteiger partial charge in [0, 0.05) is 18.7 Å². The number of fused-ring (bicyclic) bond motifs is 1. The Morgan fingerprint density at radius 2 is 2.11 bits per heavy atom. The van der Waals surface area contributed by atoms with Crippen molar-refractivity contribution in [3.63, 3.8) is 0 Å². The highest BCUT2D eigenvalue weighted by Gasteiger charge is 2.26. The summed E-state index contributed by atoms with van der Waals surface area (Å²) < 4.78 is 28.7. The van der Waals surface area contributed by atoms with Crippen molar-refractivity contribution in [2.24, 2.45) is 5.73 Å². The Morgan fingerprint density at radius 1 is 1.44 bits per heavy atom. The van der Waals surface area contributed by atoms with E-state index in [1.54, 1.807) is 6.92 Å². The number of ether oxygens (including phenoxy) is 1. The van der Waals surface area contributed by atoms with Crippen molar-refractivity contribution in [1.29, 1.82) is 0 Å². The van der Waals surface area contributed by atoms with Crippen LogP contribution in [0.25, 0.3) is 0 Å². The Hall–Kier alpha value is -1.07. The van der Waals surface area contributed by atoms with E-state index in [0.29, 0.717) is 0 Å². The Labute approximate surface area is 108 Å². The van der Waals surface area contributed by atoms with Crippen LogP contribution in [0.5, 0.6) is 5.75 Å². The van der Waals surface area contributed by atoms with Gasteiger partial charge in [0.15, 0.2) is 9.84 Å². The number of rotatable bonds is 3. The van der Waals surface area contributed by atoms with Crippen LogP contribution in [0.4, 0.5) is 0 Å².